The molecule has 2 N–H and O–H groups in total. The molecule has 0 atom stereocenters. The quantitative estimate of drug-likeness (QED) is 0.446. The van der Waals surface area contributed by atoms with Gasteiger partial charge in [-0.3, -0.25) is 0 Å². The highest BCUT2D eigenvalue weighted by Gasteiger charge is 2.31. The summed E-state index contributed by atoms with van der Waals surface area (Å²) < 4.78 is 6.20. The molecule has 1 aliphatic carbocycles. The molecule has 1 aliphatic heterocycles. The molecule has 0 fully saturated rings. The average molecular weight is 484 g/mol. The van der Waals surface area contributed by atoms with Crippen LogP contribution in [0.3, 0.4) is 0 Å². The van der Waals surface area contributed by atoms with Gasteiger partial charge < -0.3 is 19.9 Å². The lowest BCUT2D eigenvalue weighted by Crippen LogP contribution is -2.32. The van der Waals surface area contributed by atoms with Crippen LogP contribution < -0.4 is 15.0 Å². The number of ether oxygens (including phenoxy) is 1. The normalized spacial score (nSPS) is 16.8. The Morgan fingerprint density at radius 3 is 2.89 bits per heavy atom. The Bertz CT molecular complexity index is 1440. The Kier molecular flexibility index (Phi) is 5.63. The monoisotopic (exact) mass is 483 g/mol. The van der Waals surface area contributed by atoms with Crippen molar-refractivity contribution in [1.29, 1.82) is 0 Å². The predicted octanol–water partition coefficient (Wildman–Crippen LogP) is 4.36. The summed E-state index contributed by atoms with van der Waals surface area (Å²) in [5, 5.41) is 3.22. The van der Waals surface area contributed by atoms with Gasteiger partial charge in [0.15, 0.2) is 5.65 Å². The number of pyridine rings is 1. The van der Waals surface area contributed by atoms with Gasteiger partial charge >= 0.3 is 0 Å². The SMILES string of the molecule is CNCc1nc2c(c(N3CCOc4ccc(-c5cnc6nc(C)[nH]c6c5)cc4C3)n1)CC(C)(C)CC2. The lowest BCUT2D eigenvalue weighted by molar-refractivity contribution is 0.310. The van der Waals surface area contributed by atoms with Crippen LogP contribution in [0.15, 0.2) is 30.5 Å². The molecule has 4 aromatic rings. The standard InChI is InChI=1S/C28H33N7O/c1-17-31-23-12-19(14-30-26(23)32-17)18-5-6-24-20(11-18)16-35(9-10-36-24)27-21-13-28(2,3)8-7-22(21)33-25(34-27)15-29-4/h5-6,11-12,14,29H,7-10,13,15-16H2,1-4H3,(H,30,31,32). The van der Waals surface area contributed by atoms with Crippen molar-refractivity contribution in [2.45, 2.75) is 53.1 Å². The van der Waals surface area contributed by atoms with Crippen molar-refractivity contribution in [2.75, 3.05) is 25.1 Å². The van der Waals surface area contributed by atoms with Gasteiger partial charge in [-0.15, -0.1) is 0 Å². The maximum Gasteiger partial charge on any atom is 0.177 e. The number of anilines is 1. The van der Waals surface area contributed by atoms with Gasteiger partial charge in [0.05, 0.1) is 18.6 Å². The fourth-order valence-corrected chi connectivity index (χ4v) is 5.41. The van der Waals surface area contributed by atoms with E-state index >= 15 is 0 Å². The Morgan fingerprint density at radius 1 is 1.14 bits per heavy atom. The average Bonchev–Trinajstić information content (AvgIpc) is 3.09. The summed E-state index contributed by atoms with van der Waals surface area (Å²) >= 11 is 0. The largest absolute Gasteiger partial charge is 0.491 e. The van der Waals surface area contributed by atoms with E-state index in [0.717, 1.165) is 83.4 Å². The van der Waals surface area contributed by atoms with E-state index in [-0.39, 0.29) is 5.41 Å². The highest BCUT2D eigenvalue weighted by molar-refractivity contribution is 5.78. The number of hydrogen-bond acceptors (Lipinski definition) is 7. The molecule has 0 radical (unpaired) electrons. The molecule has 0 saturated carbocycles. The number of hydrogen-bond donors (Lipinski definition) is 2. The zero-order chi connectivity index (χ0) is 24.9. The maximum atomic E-state index is 6.20. The first-order valence-electron chi connectivity index (χ1n) is 12.8. The van der Waals surface area contributed by atoms with E-state index in [1.165, 1.54) is 11.3 Å². The summed E-state index contributed by atoms with van der Waals surface area (Å²) in [4.78, 5) is 24.7. The number of imidazole rings is 1. The lowest BCUT2D eigenvalue weighted by atomic mass is 9.76. The van der Waals surface area contributed by atoms with Crippen molar-refractivity contribution in [3.8, 4) is 16.9 Å². The van der Waals surface area contributed by atoms with Crippen LogP contribution in [0.4, 0.5) is 5.82 Å². The first-order chi connectivity index (χ1) is 17.4. The fraction of sp³-hybridized carbons (Fsp3) is 0.429. The number of benzene rings is 1. The summed E-state index contributed by atoms with van der Waals surface area (Å²) in [6.07, 6.45) is 5.05. The maximum absolute atomic E-state index is 6.20. The number of nitrogens with zero attached hydrogens (tertiary/aromatic N) is 5. The zero-order valence-electron chi connectivity index (χ0n) is 21.5. The topological polar surface area (TPSA) is 91.9 Å². The van der Waals surface area contributed by atoms with Crippen molar-refractivity contribution >= 4 is 17.0 Å². The first-order valence-corrected chi connectivity index (χ1v) is 12.8. The Morgan fingerprint density at radius 2 is 2.03 bits per heavy atom. The van der Waals surface area contributed by atoms with Gasteiger partial charge in [0, 0.05) is 35.1 Å². The molecule has 2 aliphatic rings. The summed E-state index contributed by atoms with van der Waals surface area (Å²) in [6, 6.07) is 8.54. The van der Waals surface area contributed by atoms with Crippen LogP contribution in [0.25, 0.3) is 22.3 Å². The molecule has 3 aromatic heterocycles. The number of fused-ring (bicyclic) bond motifs is 3. The second-order valence-corrected chi connectivity index (χ2v) is 10.8. The molecule has 6 rings (SSSR count). The Labute approximate surface area is 211 Å². The van der Waals surface area contributed by atoms with Gasteiger partial charge in [0.2, 0.25) is 0 Å². The van der Waals surface area contributed by atoms with E-state index in [1.807, 2.05) is 20.2 Å². The van der Waals surface area contributed by atoms with Crippen LogP contribution in [0.5, 0.6) is 5.75 Å². The van der Waals surface area contributed by atoms with Crippen LogP contribution in [0.2, 0.25) is 0 Å². The molecule has 0 amide bonds. The molecule has 0 saturated heterocycles. The minimum Gasteiger partial charge on any atom is -0.491 e. The molecule has 36 heavy (non-hydrogen) atoms. The molecule has 186 valence electrons. The molecule has 0 bridgehead atoms. The van der Waals surface area contributed by atoms with Gasteiger partial charge in [-0.2, -0.15) is 0 Å². The second-order valence-electron chi connectivity index (χ2n) is 10.8. The molecule has 0 spiro atoms. The molecule has 4 heterocycles. The third kappa shape index (κ3) is 4.30. The number of nitrogens with one attached hydrogen (secondary N) is 2. The molecular formula is C28H33N7O. The van der Waals surface area contributed by atoms with Gasteiger partial charge in [-0.05, 0) is 62.4 Å². The van der Waals surface area contributed by atoms with E-state index < -0.39 is 0 Å². The molecule has 1 aromatic carbocycles. The summed E-state index contributed by atoms with van der Waals surface area (Å²) in [5.41, 5.74) is 7.78. The molecule has 8 heteroatoms. The molecule has 0 unspecified atom stereocenters. The van der Waals surface area contributed by atoms with Gasteiger partial charge in [0.25, 0.3) is 0 Å². The van der Waals surface area contributed by atoms with Crippen molar-refractivity contribution in [1.82, 2.24) is 30.2 Å². The van der Waals surface area contributed by atoms with E-state index in [1.54, 1.807) is 0 Å². The number of aromatic nitrogens is 5. The fourth-order valence-electron chi connectivity index (χ4n) is 5.41. The van der Waals surface area contributed by atoms with Crippen LogP contribution >= 0.6 is 0 Å². The van der Waals surface area contributed by atoms with E-state index in [0.29, 0.717) is 13.2 Å². The smallest absolute Gasteiger partial charge is 0.177 e. The minimum atomic E-state index is 0.250. The van der Waals surface area contributed by atoms with Crippen molar-refractivity contribution in [2.24, 2.45) is 5.41 Å². The Balaban J connectivity index is 1.38. The zero-order valence-corrected chi connectivity index (χ0v) is 21.5. The van der Waals surface area contributed by atoms with E-state index in [4.69, 9.17) is 14.7 Å². The summed E-state index contributed by atoms with van der Waals surface area (Å²) in [6.45, 7) is 9.46. The number of rotatable bonds is 4. The lowest BCUT2D eigenvalue weighted by Gasteiger charge is -2.34. The van der Waals surface area contributed by atoms with E-state index in [2.05, 4.69) is 63.3 Å². The van der Waals surface area contributed by atoms with Crippen LogP contribution in [-0.2, 0) is 25.9 Å². The number of aromatic amines is 1. The highest BCUT2D eigenvalue weighted by Crippen LogP contribution is 2.39. The third-order valence-corrected chi connectivity index (χ3v) is 7.28. The number of aryl methyl sites for hydroxylation is 2. The third-order valence-electron chi connectivity index (χ3n) is 7.28. The minimum absolute atomic E-state index is 0.250. The van der Waals surface area contributed by atoms with Crippen LogP contribution in [0.1, 0.15) is 48.7 Å². The van der Waals surface area contributed by atoms with Crippen molar-refractivity contribution < 1.29 is 4.74 Å². The van der Waals surface area contributed by atoms with Crippen LogP contribution in [-0.4, -0.2) is 45.1 Å². The summed E-state index contributed by atoms with van der Waals surface area (Å²) in [5.74, 6) is 3.73. The van der Waals surface area contributed by atoms with Gasteiger partial charge in [0.1, 0.15) is 29.8 Å². The van der Waals surface area contributed by atoms with E-state index in [9.17, 15) is 0 Å². The second kappa shape index (κ2) is 8.85. The molecular weight excluding hydrogens is 450 g/mol. The number of H-pyrrole nitrogens is 1. The van der Waals surface area contributed by atoms with Crippen molar-refractivity contribution in [3.05, 3.63) is 58.9 Å². The summed E-state index contributed by atoms with van der Waals surface area (Å²) in [7, 11) is 1.94. The van der Waals surface area contributed by atoms with Gasteiger partial charge in [-0.1, -0.05) is 19.9 Å². The van der Waals surface area contributed by atoms with Crippen LogP contribution in [0, 0.1) is 12.3 Å². The highest BCUT2D eigenvalue weighted by atomic mass is 16.5. The first kappa shape index (κ1) is 22.9. The Hall–Kier alpha value is -3.52. The van der Waals surface area contributed by atoms with Gasteiger partial charge in [-0.25, -0.2) is 19.9 Å². The molecule has 8 nitrogen and oxygen atoms in total. The van der Waals surface area contributed by atoms with Crippen molar-refractivity contribution in [3.63, 3.8) is 0 Å². The predicted molar refractivity (Wildman–Crippen MR) is 141 cm³/mol.